The molecule has 2 amide bonds. The highest BCUT2D eigenvalue weighted by molar-refractivity contribution is 6.02. The molecule has 1 aromatic heterocycles. The van der Waals surface area contributed by atoms with E-state index in [0.717, 1.165) is 16.5 Å². The van der Waals surface area contributed by atoms with E-state index >= 15 is 0 Å². The van der Waals surface area contributed by atoms with Gasteiger partial charge in [-0.15, -0.1) is 0 Å². The van der Waals surface area contributed by atoms with Crippen molar-refractivity contribution in [1.29, 1.82) is 0 Å². The number of pyridine rings is 1. The van der Waals surface area contributed by atoms with E-state index in [1.165, 1.54) is 0 Å². The van der Waals surface area contributed by atoms with Gasteiger partial charge in [-0.25, -0.2) is 4.79 Å². The summed E-state index contributed by atoms with van der Waals surface area (Å²) in [6, 6.07) is 24.8. The average Bonchev–Trinajstić information content (AvgIpc) is 2.91. The summed E-state index contributed by atoms with van der Waals surface area (Å²) in [6.07, 6.45) is -3.48. The predicted molar refractivity (Wildman–Crippen MR) is 135 cm³/mol. The van der Waals surface area contributed by atoms with Crippen LogP contribution in [0.2, 0.25) is 0 Å². The maximum absolute atomic E-state index is 13.2. The molecule has 1 atom stereocenters. The van der Waals surface area contributed by atoms with E-state index in [-0.39, 0.29) is 11.8 Å². The number of alkyl halides is 3. The summed E-state index contributed by atoms with van der Waals surface area (Å²) in [6.45, 7) is 0.332. The molecular formula is C27H23F3N4O4. The lowest BCUT2D eigenvalue weighted by molar-refractivity contribution is -0.192. The van der Waals surface area contributed by atoms with E-state index in [1.807, 2.05) is 54.6 Å². The summed E-state index contributed by atoms with van der Waals surface area (Å²) < 4.78 is 31.7. The van der Waals surface area contributed by atoms with Gasteiger partial charge in [0.05, 0.1) is 17.4 Å². The lowest BCUT2D eigenvalue weighted by Gasteiger charge is -2.19. The van der Waals surface area contributed by atoms with Crippen molar-refractivity contribution in [3.8, 4) is 0 Å². The van der Waals surface area contributed by atoms with Gasteiger partial charge in [0.25, 0.3) is 11.8 Å². The Balaban J connectivity index is 0.000000505. The number of halogens is 3. The molecule has 4 rings (SSSR count). The second-order valence-corrected chi connectivity index (χ2v) is 7.93. The molecule has 0 aliphatic rings. The van der Waals surface area contributed by atoms with Gasteiger partial charge in [0.1, 0.15) is 6.04 Å². The first-order valence-corrected chi connectivity index (χ1v) is 11.2. The van der Waals surface area contributed by atoms with E-state index < -0.39 is 18.2 Å². The zero-order chi connectivity index (χ0) is 27.7. The number of nitrogens with zero attached hydrogens (tertiary/aromatic N) is 1. The highest BCUT2D eigenvalue weighted by atomic mass is 19.4. The summed E-state index contributed by atoms with van der Waals surface area (Å²) in [5.74, 6) is -3.46. The minimum Gasteiger partial charge on any atom is -0.475 e. The maximum Gasteiger partial charge on any atom is 0.490 e. The number of carbonyl (C=O) groups excluding carboxylic acids is 2. The van der Waals surface area contributed by atoms with E-state index in [9.17, 15) is 22.8 Å². The zero-order valence-corrected chi connectivity index (χ0v) is 19.8. The average molecular weight is 524 g/mol. The van der Waals surface area contributed by atoms with Gasteiger partial charge in [0.2, 0.25) is 0 Å². The van der Waals surface area contributed by atoms with Crippen molar-refractivity contribution >= 4 is 34.4 Å². The molecule has 0 fully saturated rings. The smallest absolute Gasteiger partial charge is 0.475 e. The topological polar surface area (TPSA) is 134 Å². The van der Waals surface area contributed by atoms with Crippen molar-refractivity contribution in [2.45, 2.75) is 18.8 Å². The zero-order valence-electron chi connectivity index (χ0n) is 19.8. The van der Waals surface area contributed by atoms with Gasteiger partial charge in [-0.2, -0.15) is 13.2 Å². The molecular weight excluding hydrogens is 501 g/mol. The van der Waals surface area contributed by atoms with Crippen LogP contribution in [0.1, 0.15) is 27.5 Å². The fraction of sp³-hybridized carbons (Fsp3) is 0.111. The first-order chi connectivity index (χ1) is 18.1. The standard InChI is InChI=1S/C25H22N4O2.C2HF3O2/c26-15-17-7-6-11-20(13-17)24(30)29-23(18-8-2-1-3-9-18)25(31)28-21-14-19-10-4-5-12-22(19)27-16-21;3-2(4,5)1(6)7/h1-14,16,23H,15,26H2,(H,28,31)(H,29,30);(H,6,7). The molecule has 38 heavy (non-hydrogen) atoms. The number of para-hydroxylation sites is 1. The summed E-state index contributed by atoms with van der Waals surface area (Å²) in [5, 5.41) is 13.8. The fourth-order valence-corrected chi connectivity index (χ4v) is 3.35. The Morgan fingerprint density at radius 3 is 2.24 bits per heavy atom. The van der Waals surface area contributed by atoms with Crippen LogP contribution in [-0.4, -0.2) is 34.1 Å². The lowest BCUT2D eigenvalue weighted by atomic mass is 10.0. The van der Waals surface area contributed by atoms with Crippen molar-refractivity contribution < 1.29 is 32.7 Å². The van der Waals surface area contributed by atoms with Gasteiger partial charge in [-0.3, -0.25) is 14.6 Å². The number of aromatic nitrogens is 1. The Morgan fingerprint density at radius 1 is 0.921 bits per heavy atom. The Kier molecular flexibility index (Phi) is 9.12. The van der Waals surface area contributed by atoms with Crippen LogP contribution in [0.5, 0.6) is 0 Å². The monoisotopic (exact) mass is 524 g/mol. The molecule has 0 radical (unpaired) electrons. The third-order valence-electron chi connectivity index (χ3n) is 5.20. The molecule has 1 heterocycles. The van der Waals surface area contributed by atoms with E-state index in [2.05, 4.69) is 15.6 Å². The van der Waals surface area contributed by atoms with Crippen LogP contribution in [-0.2, 0) is 16.1 Å². The summed E-state index contributed by atoms with van der Waals surface area (Å²) >= 11 is 0. The number of benzene rings is 3. The number of nitrogens with one attached hydrogen (secondary N) is 2. The number of nitrogens with two attached hydrogens (primary N) is 1. The first-order valence-electron chi connectivity index (χ1n) is 11.2. The van der Waals surface area contributed by atoms with Gasteiger partial charge < -0.3 is 21.5 Å². The molecule has 4 aromatic rings. The number of carboxylic acid groups (broad SMARTS) is 1. The minimum atomic E-state index is -5.08. The van der Waals surface area contributed by atoms with Crippen LogP contribution in [0.25, 0.3) is 10.9 Å². The molecule has 0 aliphatic carbocycles. The summed E-state index contributed by atoms with van der Waals surface area (Å²) in [7, 11) is 0. The molecule has 0 aliphatic heterocycles. The fourth-order valence-electron chi connectivity index (χ4n) is 3.35. The SMILES string of the molecule is NCc1cccc(C(=O)NC(C(=O)Nc2cnc3ccccc3c2)c2ccccc2)c1.O=C(O)C(F)(F)F. The molecule has 0 spiro atoms. The number of carboxylic acids is 1. The quantitative estimate of drug-likeness (QED) is 0.295. The van der Waals surface area contributed by atoms with Crippen LogP contribution in [0.3, 0.4) is 0 Å². The van der Waals surface area contributed by atoms with Gasteiger partial charge in [-0.1, -0.05) is 60.7 Å². The highest BCUT2D eigenvalue weighted by Crippen LogP contribution is 2.20. The molecule has 0 saturated heterocycles. The molecule has 11 heteroatoms. The van der Waals surface area contributed by atoms with Gasteiger partial charge in [-0.05, 0) is 35.4 Å². The second-order valence-electron chi connectivity index (χ2n) is 7.93. The number of rotatable bonds is 6. The normalized spacial score (nSPS) is 11.6. The third kappa shape index (κ3) is 7.61. The van der Waals surface area contributed by atoms with Crippen LogP contribution in [0, 0.1) is 0 Å². The first kappa shape index (κ1) is 27.8. The molecule has 0 saturated carbocycles. The molecule has 8 nitrogen and oxygen atoms in total. The van der Waals surface area contributed by atoms with E-state index in [0.29, 0.717) is 23.4 Å². The van der Waals surface area contributed by atoms with Gasteiger partial charge >= 0.3 is 12.1 Å². The van der Waals surface area contributed by atoms with E-state index in [1.54, 1.807) is 36.5 Å². The molecule has 196 valence electrons. The van der Waals surface area contributed by atoms with Gasteiger partial charge in [0.15, 0.2) is 0 Å². The number of hydrogen-bond acceptors (Lipinski definition) is 5. The number of fused-ring (bicyclic) bond motifs is 1. The van der Waals surface area contributed by atoms with Crippen LogP contribution in [0.4, 0.5) is 18.9 Å². The van der Waals surface area contributed by atoms with E-state index in [4.69, 9.17) is 15.6 Å². The Morgan fingerprint density at radius 2 is 1.58 bits per heavy atom. The van der Waals surface area contributed by atoms with Gasteiger partial charge in [0, 0.05) is 17.5 Å². The van der Waals surface area contributed by atoms with Crippen molar-refractivity contribution in [2.75, 3.05) is 5.32 Å². The van der Waals surface area contributed by atoms with Crippen molar-refractivity contribution in [3.63, 3.8) is 0 Å². The molecule has 1 unspecified atom stereocenters. The number of hydrogen-bond donors (Lipinski definition) is 4. The Hall–Kier alpha value is -4.77. The Labute approximate surface area is 215 Å². The maximum atomic E-state index is 13.2. The van der Waals surface area contributed by atoms with Crippen molar-refractivity contribution in [2.24, 2.45) is 5.73 Å². The van der Waals surface area contributed by atoms with Crippen molar-refractivity contribution in [3.05, 3.63) is 108 Å². The number of carbonyl (C=O) groups is 3. The highest BCUT2D eigenvalue weighted by Gasteiger charge is 2.38. The molecule has 5 N–H and O–H groups in total. The van der Waals surface area contributed by atoms with Crippen LogP contribution >= 0.6 is 0 Å². The lowest BCUT2D eigenvalue weighted by Crippen LogP contribution is -2.37. The second kappa shape index (κ2) is 12.5. The third-order valence-corrected chi connectivity index (χ3v) is 5.20. The summed E-state index contributed by atoms with van der Waals surface area (Å²) in [4.78, 5) is 39.3. The Bertz CT molecular complexity index is 1430. The number of amides is 2. The number of anilines is 1. The largest absolute Gasteiger partial charge is 0.490 e. The predicted octanol–water partition coefficient (Wildman–Crippen LogP) is 4.44. The molecule has 0 bridgehead atoms. The van der Waals surface area contributed by atoms with Crippen molar-refractivity contribution in [1.82, 2.24) is 10.3 Å². The molecule has 3 aromatic carbocycles. The van der Waals surface area contributed by atoms with Crippen LogP contribution < -0.4 is 16.4 Å². The number of aliphatic carboxylic acids is 1. The summed E-state index contributed by atoms with van der Waals surface area (Å²) in [5.41, 5.74) is 9.05. The minimum absolute atomic E-state index is 0.332. The van der Waals surface area contributed by atoms with Crippen LogP contribution in [0.15, 0.2) is 91.1 Å².